The van der Waals surface area contributed by atoms with E-state index in [1.54, 1.807) is 0 Å². The number of nitrogens with one attached hydrogen (secondary N) is 1. The molecule has 57 heavy (non-hydrogen) atoms. The van der Waals surface area contributed by atoms with E-state index in [9.17, 15) is 0 Å². The van der Waals surface area contributed by atoms with Gasteiger partial charge in [-0.05, 0) is 68.1 Å². The predicted molar refractivity (Wildman–Crippen MR) is 239 cm³/mol. The molecule has 268 valence electrons. The molecule has 0 saturated carbocycles. The van der Waals surface area contributed by atoms with Crippen molar-refractivity contribution >= 4 is 61.4 Å². The third-order valence-corrected chi connectivity index (χ3v) is 10.6. The molecule has 1 N–H and O–H groups in total. The summed E-state index contributed by atoms with van der Waals surface area (Å²) in [5, 5.41) is 15.7. The van der Waals surface area contributed by atoms with Crippen molar-refractivity contribution in [3.05, 3.63) is 217 Å². The minimum absolute atomic E-state index is 0.143. The smallest absolute Gasteiger partial charge is 0.161 e. The molecule has 1 aromatic heterocycles. The molecule has 0 spiro atoms. The largest absolute Gasteiger partial charge is 0.455 e. The zero-order chi connectivity index (χ0) is 38.1. The number of rotatable bonds is 6. The second-order valence-electron chi connectivity index (χ2n) is 14.1. The lowest BCUT2D eigenvalue weighted by molar-refractivity contribution is 0.671. The molecule has 10 aromatic rings. The van der Waals surface area contributed by atoms with Gasteiger partial charge in [0.25, 0.3) is 0 Å². The van der Waals surface area contributed by atoms with E-state index in [0.29, 0.717) is 5.84 Å². The normalized spacial score (nSPS) is 12.0. The summed E-state index contributed by atoms with van der Waals surface area (Å²) >= 11 is 0. The summed E-state index contributed by atoms with van der Waals surface area (Å²) in [4.78, 5) is 9.81. The Morgan fingerprint density at radius 3 is 1.82 bits per heavy atom. The summed E-state index contributed by atoms with van der Waals surface area (Å²) in [6.45, 7) is 0. The highest BCUT2D eigenvalue weighted by atomic mass is 16.3. The van der Waals surface area contributed by atoms with Gasteiger partial charge in [-0.3, -0.25) is 5.41 Å². The van der Waals surface area contributed by atoms with E-state index in [-0.39, 0.29) is 5.84 Å². The molecule has 0 saturated heterocycles. The number of furan rings is 1. The molecule has 0 fully saturated rings. The minimum Gasteiger partial charge on any atom is -0.455 e. The van der Waals surface area contributed by atoms with Crippen molar-refractivity contribution < 1.29 is 4.42 Å². The second kappa shape index (κ2) is 14.5. The van der Waals surface area contributed by atoms with E-state index >= 15 is 0 Å². The number of hydrogen-bond donors (Lipinski definition) is 1. The van der Waals surface area contributed by atoms with Crippen molar-refractivity contribution in [2.75, 3.05) is 0 Å². The van der Waals surface area contributed by atoms with Gasteiger partial charge in [-0.15, -0.1) is 0 Å². The fraction of sp³-hybridized carbons (Fsp3) is 0. The van der Waals surface area contributed by atoms with Crippen molar-refractivity contribution in [3.8, 4) is 33.4 Å². The number of amidine groups is 2. The summed E-state index contributed by atoms with van der Waals surface area (Å²) < 4.78 is 7.13. The zero-order valence-corrected chi connectivity index (χ0v) is 30.9. The molecule has 0 atom stereocenters. The zero-order valence-electron chi connectivity index (χ0n) is 30.9. The Morgan fingerprint density at radius 2 is 1.07 bits per heavy atom. The van der Waals surface area contributed by atoms with Crippen LogP contribution in [0.2, 0.25) is 0 Å². The Kier molecular flexibility index (Phi) is 8.62. The molecule has 0 aliphatic heterocycles. The molecule has 0 unspecified atom stereocenters. The van der Waals surface area contributed by atoms with Gasteiger partial charge in [0.1, 0.15) is 11.2 Å². The topological polar surface area (TPSA) is 61.7 Å². The van der Waals surface area contributed by atoms with Gasteiger partial charge in [0.15, 0.2) is 11.7 Å². The summed E-state index contributed by atoms with van der Waals surface area (Å²) in [5.74, 6) is 0.594. The van der Waals surface area contributed by atoms with Crippen molar-refractivity contribution in [2.24, 2.45) is 9.98 Å². The van der Waals surface area contributed by atoms with Gasteiger partial charge in [-0.1, -0.05) is 176 Å². The molecule has 0 radical (unpaired) electrons. The third-order valence-electron chi connectivity index (χ3n) is 10.6. The van der Waals surface area contributed by atoms with Crippen LogP contribution >= 0.6 is 0 Å². The Bertz CT molecular complexity index is 3170. The molecule has 4 heteroatoms. The van der Waals surface area contributed by atoms with Crippen LogP contribution in [0.5, 0.6) is 0 Å². The van der Waals surface area contributed by atoms with Crippen LogP contribution in [0.3, 0.4) is 0 Å². The highest BCUT2D eigenvalue weighted by molar-refractivity contribution is 6.22. The Morgan fingerprint density at radius 1 is 0.439 bits per heavy atom. The van der Waals surface area contributed by atoms with Crippen LogP contribution in [0, 0.1) is 5.41 Å². The van der Waals surface area contributed by atoms with Crippen LogP contribution < -0.4 is 0 Å². The predicted octanol–water partition coefficient (Wildman–Crippen LogP) is 13.8. The van der Waals surface area contributed by atoms with Gasteiger partial charge in [-0.25, -0.2) is 9.98 Å². The lowest BCUT2D eigenvalue weighted by Gasteiger charge is -2.09. The fourth-order valence-corrected chi connectivity index (χ4v) is 7.81. The Labute approximate surface area is 330 Å². The molecular formula is C53H35N3O. The maximum absolute atomic E-state index is 8.87. The maximum atomic E-state index is 8.87. The SMILES string of the molecule is N=C(N=C(N=Cc1ccc(-c2ccc3c(ccc4ccccc43)c2)c2oc3c(-c4ccccc4)cc(-c4ccccc4)cc3c12)c1ccccc1)c1ccccc1. The van der Waals surface area contributed by atoms with E-state index in [4.69, 9.17) is 19.8 Å². The fourth-order valence-electron chi connectivity index (χ4n) is 7.81. The molecule has 0 aliphatic carbocycles. The highest BCUT2D eigenvalue weighted by Crippen LogP contribution is 2.44. The number of nitrogens with zero attached hydrogens (tertiary/aromatic N) is 2. The molecule has 0 amide bonds. The molecular weight excluding hydrogens is 695 g/mol. The first-order chi connectivity index (χ1) is 28.2. The average Bonchev–Trinajstić information content (AvgIpc) is 3.68. The molecule has 1 heterocycles. The molecule has 0 bridgehead atoms. The first kappa shape index (κ1) is 33.8. The van der Waals surface area contributed by atoms with Crippen LogP contribution in [0.4, 0.5) is 0 Å². The van der Waals surface area contributed by atoms with Crippen LogP contribution in [0.15, 0.2) is 215 Å². The first-order valence-electron chi connectivity index (χ1n) is 19.1. The number of benzene rings is 9. The van der Waals surface area contributed by atoms with Crippen molar-refractivity contribution in [3.63, 3.8) is 0 Å². The maximum Gasteiger partial charge on any atom is 0.161 e. The van der Waals surface area contributed by atoms with Gasteiger partial charge in [0.05, 0.1) is 0 Å². The van der Waals surface area contributed by atoms with Crippen LogP contribution in [0.1, 0.15) is 16.7 Å². The number of fused-ring (bicyclic) bond motifs is 6. The Balaban J connectivity index is 1.23. The standard InChI is InChI=1S/C53H35N3O/c54-52(38-20-9-3-10-21-38)56-53(39-22-11-4-12-23-39)55-34-42-28-30-46(41-27-29-45-40(31-41)26-25-37-19-13-14-24-44(37)45)51-49(42)48-33-43(35-15-5-1-6-16-35)32-47(50(48)57-51)36-17-7-2-8-18-36/h1-34,54H. The average molecular weight is 730 g/mol. The number of aliphatic imine (C=N–C) groups is 2. The van der Waals surface area contributed by atoms with Gasteiger partial charge < -0.3 is 4.42 Å². The van der Waals surface area contributed by atoms with E-state index in [1.165, 1.54) is 21.5 Å². The quantitative estimate of drug-likeness (QED) is 0.103. The summed E-state index contributed by atoms with van der Waals surface area (Å²) in [5.41, 5.74) is 10.4. The summed E-state index contributed by atoms with van der Waals surface area (Å²) in [6, 6.07) is 68.7. The van der Waals surface area contributed by atoms with Gasteiger partial charge in [-0.2, -0.15) is 0 Å². The molecule has 0 aliphatic rings. The summed E-state index contributed by atoms with van der Waals surface area (Å²) in [6.07, 6.45) is 1.87. The van der Waals surface area contributed by atoms with E-state index < -0.39 is 0 Å². The highest BCUT2D eigenvalue weighted by Gasteiger charge is 2.21. The second-order valence-corrected chi connectivity index (χ2v) is 14.1. The van der Waals surface area contributed by atoms with Crippen LogP contribution in [-0.4, -0.2) is 17.9 Å². The monoisotopic (exact) mass is 729 g/mol. The first-order valence-corrected chi connectivity index (χ1v) is 19.1. The van der Waals surface area contributed by atoms with Crippen LogP contribution in [-0.2, 0) is 0 Å². The van der Waals surface area contributed by atoms with E-state index in [1.807, 2.05) is 79.0 Å². The lowest BCUT2D eigenvalue weighted by atomic mass is 9.93. The summed E-state index contributed by atoms with van der Waals surface area (Å²) in [7, 11) is 0. The van der Waals surface area contributed by atoms with E-state index in [2.05, 4.69) is 127 Å². The minimum atomic E-state index is 0.143. The van der Waals surface area contributed by atoms with Crippen molar-refractivity contribution in [1.82, 2.24) is 0 Å². The molecule has 4 nitrogen and oxygen atoms in total. The van der Waals surface area contributed by atoms with E-state index in [0.717, 1.165) is 72.0 Å². The van der Waals surface area contributed by atoms with Gasteiger partial charge >= 0.3 is 0 Å². The molecule has 10 rings (SSSR count). The van der Waals surface area contributed by atoms with Crippen LogP contribution in [0.25, 0.3) is 76.9 Å². The van der Waals surface area contributed by atoms with Gasteiger partial charge in [0, 0.05) is 44.8 Å². The van der Waals surface area contributed by atoms with Crippen molar-refractivity contribution in [2.45, 2.75) is 0 Å². The van der Waals surface area contributed by atoms with Gasteiger partial charge in [0.2, 0.25) is 0 Å². The van der Waals surface area contributed by atoms with Crippen molar-refractivity contribution in [1.29, 1.82) is 5.41 Å². The Hall–Kier alpha value is -7.69. The molecule has 9 aromatic carbocycles. The number of hydrogen-bond acceptors (Lipinski definition) is 2. The lowest BCUT2D eigenvalue weighted by Crippen LogP contribution is -2.04. The third kappa shape index (κ3) is 6.39.